The summed E-state index contributed by atoms with van der Waals surface area (Å²) in [6.07, 6.45) is -2.22. The van der Waals surface area contributed by atoms with Crippen LogP contribution in [0.2, 0.25) is 0 Å². The summed E-state index contributed by atoms with van der Waals surface area (Å²) in [7, 11) is -7.18. The molecule has 0 aromatic rings. The van der Waals surface area contributed by atoms with Crippen molar-refractivity contribution in [2.24, 2.45) is 0 Å². The van der Waals surface area contributed by atoms with Gasteiger partial charge in [-0.3, -0.25) is 33.2 Å². The normalized spacial score (nSPS) is 12.6. The lowest BCUT2D eigenvalue weighted by atomic mass is 10.1. The molecule has 0 saturated carbocycles. The summed E-state index contributed by atoms with van der Waals surface area (Å²) in [6.45, 7) is -0.553. The predicted molar refractivity (Wildman–Crippen MR) is 159 cm³/mol. The molecule has 47 heavy (non-hydrogen) atoms. The van der Waals surface area contributed by atoms with E-state index >= 15 is 0 Å². The summed E-state index contributed by atoms with van der Waals surface area (Å²) >= 11 is 0. The first kappa shape index (κ1) is 43.1. The molecule has 0 aliphatic carbocycles. The molecular weight excluding hydrogens is 678 g/mol. The molecule has 0 spiro atoms. The van der Waals surface area contributed by atoms with Crippen molar-refractivity contribution in [3.8, 4) is 0 Å². The molecule has 0 saturated heterocycles. The van der Waals surface area contributed by atoms with Gasteiger partial charge in [-0.1, -0.05) is 0 Å². The molecule has 21 nitrogen and oxygen atoms in total. The van der Waals surface area contributed by atoms with Crippen molar-refractivity contribution < 1.29 is 74.6 Å². The van der Waals surface area contributed by atoms with Gasteiger partial charge in [0, 0.05) is 39.3 Å². The minimum absolute atomic E-state index is 0.00807. The van der Waals surface area contributed by atoms with Gasteiger partial charge in [0.2, 0.25) is 39.6 Å². The molecule has 0 rings (SSSR count). The molecule has 0 radical (unpaired) electrons. The zero-order chi connectivity index (χ0) is 36.0. The lowest BCUT2D eigenvalue weighted by molar-refractivity contribution is -0.144. The molecule has 0 aromatic carbocycles. The fourth-order valence-corrected chi connectivity index (χ4v) is 4.87. The van der Waals surface area contributed by atoms with Gasteiger partial charge in [-0.25, -0.2) is 18.0 Å². The fraction of sp³-hybridized carbons (Fsp3) is 0.708. The second-order valence-electron chi connectivity index (χ2n) is 9.67. The first-order valence-electron chi connectivity index (χ1n) is 14.0. The minimum Gasteiger partial charge on any atom is -0.480 e. The van der Waals surface area contributed by atoms with Crippen LogP contribution in [0.25, 0.3) is 0 Å². The van der Waals surface area contributed by atoms with Crippen LogP contribution in [0.3, 0.4) is 0 Å². The maximum Gasteiger partial charge on any atom is 0.326 e. The quantitative estimate of drug-likeness (QED) is 0.0313. The topological polar surface area (TPSA) is 327 Å². The molecule has 5 amide bonds. The molecule has 2 unspecified atom stereocenters. The Labute approximate surface area is 270 Å². The van der Waals surface area contributed by atoms with Crippen LogP contribution in [0.1, 0.15) is 44.9 Å². The number of carbonyl (C=O) groups is 7. The molecule has 0 heterocycles. The van der Waals surface area contributed by atoms with E-state index in [1.807, 2.05) is 0 Å². The number of amides is 5. The molecule has 270 valence electrons. The van der Waals surface area contributed by atoms with Crippen molar-refractivity contribution in [3.63, 3.8) is 0 Å². The van der Waals surface area contributed by atoms with E-state index in [1.54, 1.807) is 4.72 Å². The van der Waals surface area contributed by atoms with Gasteiger partial charge in [0.15, 0.2) is 0 Å². The molecule has 0 fully saturated rings. The van der Waals surface area contributed by atoms with Gasteiger partial charge in [-0.15, -0.1) is 0 Å². The van der Waals surface area contributed by atoms with Gasteiger partial charge in [0.25, 0.3) is 10.1 Å². The molecule has 2 atom stereocenters. The lowest BCUT2D eigenvalue weighted by Crippen LogP contribution is -2.45. The highest BCUT2D eigenvalue weighted by Gasteiger charge is 2.24. The maximum absolute atomic E-state index is 12.1. The number of aliphatic carboxylic acids is 2. The summed E-state index contributed by atoms with van der Waals surface area (Å²) in [6, 6.07) is -2.83. The molecule has 0 aliphatic heterocycles. The number of ether oxygens (including phenoxy) is 2. The van der Waals surface area contributed by atoms with E-state index in [-0.39, 0.29) is 58.5 Å². The Kier molecular flexibility index (Phi) is 20.7. The van der Waals surface area contributed by atoms with Gasteiger partial charge >= 0.3 is 11.9 Å². The average Bonchev–Trinajstić information content (AvgIpc) is 2.96. The molecule has 0 bridgehead atoms. The molecule has 23 heteroatoms. The number of nitrogens with one attached hydrogen (secondary N) is 5. The highest BCUT2D eigenvalue weighted by Crippen LogP contribution is 2.03. The lowest BCUT2D eigenvalue weighted by Gasteiger charge is -2.17. The van der Waals surface area contributed by atoms with Gasteiger partial charge < -0.3 is 41.0 Å². The van der Waals surface area contributed by atoms with Crippen molar-refractivity contribution in [2.75, 3.05) is 51.5 Å². The van der Waals surface area contributed by atoms with Crippen molar-refractivity contribution in [2.45, 2.75) is 57.0 Å². The Hall–Kier alpha value is -3.93. The number of rotatable bonds is 26. The first-order chi connectivity index (χ1) is 21.8. The van der Waals surface area contributed by atoms with Crippen molar-refractivity contribution in [3.05, 3.63) is 0 Å². The zero-order valence-electron chi connectivity index (χ0n) is 25.5. The van der Waals surface area contributed by atoms with Crippen LogP contribution in [0.4, 0.5) is 0 Å². The van der Waals surface area contributed by atoms with Crippen LogP contribution in [0, 0.1) is 0 Å². The van der Waals surface area contributed by atoms with Crippen LogP contribution in [-0.2, 0) is 63.2 Å². The van der Waals surface area contributed by atoms with Crippen LogP contribution in [-0.4, -0.2) is 137 Å². The van der Waals surface area contributed by atoms with Crippen LogP contribution in [0.15, 0.2) is 0 Å². The number of sulfonamides is 1. The van der Waals surface area contributed by atoms with Gasteiger partial charge in [0.05, 0.1) is 31.3 Å². The summed E-state index contributed by atoms with van der Waals surface area (Å²) < 4.78 is 65.3. The molecular formula is C24H41N5O16S2. The number of carboxylic acids is 2. The maximum atomic E-state index is 12.1. The average molecular weight is 720 g/mol. The Morgan fingerprint density at radius 1 is 0.660 bits per heavy atom. The van der Waals surface area contributed by atoms with Crippen molar-refractivity contribution in [1.82, 2.24) is 26.0 Å². The number of hydrogen-bond donors (Lipinski definition) is 8. The highest BCUT2D eigenvalue weighted by atomic mass is 32.2. The van der Waals surface area contributed by atoms with Crippen LogP contribution >= 0.6 is 0 Å². The van der Waals surface area contributed by atoms with E-state index in [9.17, 15) is 60.6 Å². The van der Waals surface area contributed by atoms with Gasteiger partial charge in [-0.2, -0.15) is 8.42 Å². The van der Waals surface area contributed by atoms with E-state index < -0.39 is 105 Å². The summed E-state index contributed by atoms with van der Waals surface area (Å²) in [5, 5.41) is 27.7. The van der Waals surface area contributed by atoms with Gasteiger partial charge in [-0.05, 0) is 19.3 Å². The van der Waals surface area contributed by atoms with E-state index in [2.05, 4.69) is 21.3 Å². The van der Waals surface area contributed by atoms with E-state index in [0.29, 0.717) is 0 Å². The van der Waals surface area contributed by atoms with E-state index in [1.165, 1.54) is 7.05 Å². The predicted octanol–water partition coefficient (Wildman–Crippen LogP) is -3.91. The SMILES string of the molecule is CNC(=O)CCC(NC(=O)CCC(NC(=O)COCCOCCNC(=O)CCCS(=O)(=O)NC(=O)CCS(=O)(=O)O)C(=O)O)C(=O)O. The third-order valence-corrected chi connectivity index (χ3v) is 7.80. The Balaban J connectivity index is 4.16. The third-order valence-electron chi connectivity index (χ3n) is 5.71. The second kappa shape index (κ2) is 22.6. The number of carbonyl (C=O) groups excluding carboxylic acids is 5. The largest absolute Gasteiger partial charge is 0.480 e. The smallest absolute Gasteiger partial charge is 0.326 e. The van der Waals surface area contributed by atoms with E-state index in [4.69, 9.17) is 14.0 Å². The summed E-state index contributed by atoms with van der Waals surface area (Å²) in [5.41, 5.74) is 0. The third kappa shape index (κ3) is 24.0. The van der Waals surface area contributed by atoms with E-state index in [0.717, 1.165) is 0 Å². The van der Waals surface area contributed by atoms with Crippen molar-refractivity contribution >= 4 is 61.6 Å². The van der Waals surface area contributed by atoms with Gasteiger partial charge in [0.1, 0.15) is 18.7 Å². The first-order valence-corrected chi connectivity index (χ1v) is 17.3. The zero-order valence-corrected chi connectivity index (χ0v) is 27.2. The molecule has 8 N–H and O–H groups in total. The van der Waals surface area contributed by atoms with Crippen LogP contribution in [0.5, 0.6) is 0 Å². The summed E-state index contributed by atoms with van der Waals surface area (Å²) in [4.78, 5) is 81.5. The molecule has 0 aliphatic rings. The summed E-state index contributed by atoms with van der Waals surface area (Å²) in [5.74, 6) is -7.99. The molecule has 0 aromatic heterocycles. The van der Waals surface area contributed by atoms with Crippen molar-refractivity contribution in [1.29, 1.82) is 0 Å². The Morgan fingerprint density at radius 2 is 1.21 bits per heavy atom. The highest BCUT2D eigenvalue weighted by molar-refractivity contribution is 7.90. The minimum atomic E-state index is -4.43. The standard InChI is InChI=1S/C24H41N5O16S2/c1-25-18(30)6-4-16(23(35)36)27-20(32)7-5-17(24(37)38)28-22(34)15-45-12-11-44-10-9-26-19(31)3-2-13-46(39,40)29-21(33)8-14-47(41,42)43/h16-17H,2-15H2,1H3,(H,25,30)(H,26,31)(H,27,32)(H,28,34)(H,29,33)(H,35,36)(H,37,38)(H,41,42,43). The number of carboxylic acid groups (broad SMARTS) is 2. The Bertz CT molecular complexity index is 1310. The Morgan fingerprint density at radius 3 is 1.77 bits per heavy atom. The number of hydrogen-bond acceptors (Lipinski definition) is 13. The van der Waals surface area contributed by atoms with Crippen LogP contribution < -0.4 is 26.0 Å². The second-order valence-corrected chi connectivity index (χ2v) is 13.1. The monoisotopic (exact) mass is 719 g/mol. The fourth-order valence-electron chi connectivity index (χ4n) is 3.35.